The molecule has 0 saturated carbocycles. The second-order valence-electron chi connectivity index (χ2n) is 6.71. The Morgan fingerprint density at radius 1 is 1.22 bits per heavy atom. The maximum Gasteiger partial charge on any atom is 0.435 e. The number of nitrogen functional groups attached to an aromatic ring is 1. The van der Waals surface area contributed by atoms with E-state index < -0.39 is 29.4 Å². The van der Waals surface area contributed by atoms with E-state index in [9.17, 15) is 22.8 Å². The van der Waals surface area contributed by atoms with Crippen molar-refractivity contribution in [1.29, 1.82) is 0 Å². The lowest BCUT2D eigenvalue weighted by molar-refractivity contribution is -0.141. The molecular formula is C20H18ClF3N6O2. The fraction of sp³-hybridized carbons (Fsp3) is 0.200. The smallest absolute Gasteiger partial charge is 0.399 e. The normalized spacial score (nSPS) is 11.3. The van der Waals surface area contributed by atoms with E-state index in [0.29, 0.717) is 22.9 Å². The van der Waals surface area contributed by atoms with E-state index in [-0.39, 0.29) is 27.8 Å². The summed E-state index contributed by atoms with van der Waals surface area (Å²) in [6.45, 7) is 3.63. The molecule has 32 heavy (non-hydrogen) atoms. The Kier molecular flexibility index (Phi) is 6.40. The third-order valence-corrected chi connectivity index (χ3v) is 4.65. The maximum atomic E-state index is 13.3. The van der Waals surface area contributed by atoms with Gasteiger partial charge in [-0.3, -0.25) is 9.59 Å². The minimum absolute atomic E-state index is 0.00921. The first-order chi connectivity index (χ1) is 15.0. The number of pyridine rings is 1. The van der Waals surface area contributed by atoms with Crippen molar-refractivity contribution in [3.05, 3.63) is 64.1 Å². The number of hydrogen-bond donors (Lipinski definition) is 3. The van der Waals surface area contributed by atoms with Crippen LogP contribution in [0.25, 0.3) is 5.82 Å². The topological polar surface area (TPSA) is 115 Å². The first kappa shape index (κ1) is 23.1. The minimum atomic E-state index is -4.81. The summed E-state index contributed by atoms with van der Waals surface area (Å²) in [5.74, 6) is -1.61. The molecule has 2 heterocycles. The molecule has 0 aliphatic heterocycles. The first-order valence-corrected chi connectivity index (χ1v) is 9.68. The van der Waals surface area contributed by atoms with Gasteiger partial charge in [-0.05, 0) is 43.7 Å². The molecule has 0 aliphatic carbocycles. The lowest BCUT2D eigenvalue weighted by Gasteiger charge is -2.15. The van der Waals surface area contributed by atoms with Crippen LogP contribution >= 0.6 is 11.6 Å². The molecule has 0 atom stereocenters. The molecule has 0 unspecified atom stereocenters. The largest absolute Gasteiger partial charge is 0.435 e. The number of carbonyl (C=O) groups excluding carboxylic acids is 2. The average molecular weight is 467 g/mol. The molecule has 2 aromatic heterocycles. The highest BCUT2D eigenvalue weighted by Crippen LogP contribution is 2.31. The first-order valence-electron chi connectivity index (χ1n) is 9.30. The summed E-state index contributed by atoms with van der Waals surface area (Å²) in [5, 5.41) is 8.57. The van der Waals surface area contributed by atoms with Gasteiger partial charge in [0.2, 0.25) is 0 Å². The number of anilines is 2. The van der Waals surface area contributed by atoms with Gasteiger partial charge in [0.05, 0.1) is 16.3 Å². The van der Waals surface area contributed by atoms with E-state index in [4.69, 9.17) is 17.3 Å². The van der Waals surface area contributed by atoms with E-state index >= 15 is 0 Å². The maximum absolute atomic E-state index is 13.3. The Hall–Kier alpha value is -3.60. The van der Waals surface area contributed by atoms with Gasteiger partial charge in [0.1, 0.15) is 5.69 Å². The van der Waals surface area contributed by atoms with Gasteiger partial charge in [-0.1, -0.05) is 11.6 Å². The van der Waals surface area contributed by atoms with Crippen LogP contribution in [0.2, 0.25) is 5.02 Å². The van der Waals surface area contributed by atoms with Crippen LogP contribution in [0.1, 0.15) is 39.0 Å². The summed E-state index contributed by atoms with van der Waals surface area (Å²) in [7, 11) is 0. The molecule has 3 aromatic rings. The van der Waals surface area contributed by atoms with E-state index in [1.54, 1.807) is 13.8 Å². The summed E-state index contributed by atoms with van der Waals surface area (Å²) < 4.78 is 40.7. The van der Waals surface area contributed by atoms with Crippen LogP contribution in [0.3, 0.4) is 0 Å². The fourth-order valence-corrected chi connectivity index (χ4v) is 3.17. The van der Waals surface area contributed by atoms with Crippen LogP contribution in [0.4, 0.5) is 24.5 Å². The number of aryl methyl sites for hydroxylation is 1. The second kappa shape index (κ2) is 8.87. The molecule has 168 valence electrons. The number of carbonyl (C=O) groups is 2. The number of hydrogen-bond acceptors (Lipinski definition) is 5. The van der Waals surface area contributed by atoms with Gasteiger partial charge in [0, 0.05) is 24.5 Å². The summed E-state index contributed by atoms with van der Waals surface area (Å²) >= 11 is 6.06. The second-order valence-corrected chi connectivity index (χ2v) is 7.11. The average Bonchev–Trinajstić information content (AvgIpc) is 3.16. The minimum Gasteiger partial charge on any atom is -0.399 e. The summed E-state index contributed by atoms with van der Waals surface area (Å²) in [4.78, 5) is 29.4. The Morgan fingerprint density at radius 3 is 2.56 bits per heavy atom. The van der Waals surface area contributed by atoms with Gasteiger partial charge in [-0.25, -0.2) is 9.67 Å². The van der Waals surface area contributed by atoms with Crippen molar-refractivity contribution < 1.29 is 22.8 Å². The lowest BCUT2D eigenvalue weighted by atomic mass is 10.1. The van der Waals surface area contributed by atoms with Crippen molar-refractivity contribution in [1.82, 2.24) is 20.1 Å². The Labute approximate surface area is 185 Å². The molecule has 0 aliphatic rings. The lowest BCUT2D eigenvalue weighted by Crippen LogP contribution is -2.26. The molecule has 8 nitrogen and oxygen atoms in total. The molecule has 0 radical (unpaired) electrons. The number of halogens is 4. The number of rotatable bonds is 5. The van der Waals surface area contributed by atoms with Crippen molar-refractivity contribution in [2.24, 2.45) is 0 Å². The predicted molar refractivity (Wildman–Crippen MR) is 113 cm³/mol. The number of nitrogens with one attached hydrogen (secondary N) is 2. The van der Waals surface area contributed by atoms with Crippen molar-refractivity contribution in [3.63, 3.8) is 0 Å². The van der Waals surface area contributed by atoms with Gasteiger partial charge >= 0.3 is 6.18 Å². The molecule has 12 heteroatoms. The van der Waals surface area contributed by atoms with Crippen LogP contribution in [0.5, 0.6) is 0 Å². The van der Waals surface area contributed by atoms with E-state index in [1.807, 2.05) is 0 Å². The molecule has 4 N–H and O–H groups in total. The van der Waals surface area contributed by atoms with E-state index in [2.05, 4.69) is 20.7 Å². The monoisotopic (exact) mass is 466 g/mol. The molecule has 1 aromatic carbocycles. The number of amides is 2. The molecular weight excluding hydrogens is 449 g/mol. The van der Waals surface area contributed by atoms with Crippen LogP contribution in [-0.2, 0) is 6.18 Å². The Bertz CT molecular complexity index is 1190. The van der Waals surface area contributed by atoms with Crippen molar-refractivity contribution in [2.75, 3.05) is 17.6 Å². The van der Waals surface area contributed by atoms with Crippen LogP contribution in [0.15, 0.2) is 36.5 Å². The zero-order chi connectivity index (χ0) is 23.6. The third kappa shape index (κ3) is 4.67. The molecule has 0 bridgehead atoms. The Balaban J connectivity index is 2.11. The third-order valence-electron chi connectivity index (χ3n) is 4.35. The standard InChI is InChI=1S/C20H18ClF3N6O2/c1-3-26-18(31)12-8-11(25)7-10(2)16(12)28-19(32)14-9-15(20(22,23)24)29-30(14)17-13(21)5-4-6-27-17/h4-9H,3,25H2,1-2H3,(H,26,31)(H,28,32). The van der Waals surface area contributed by atoms with Gasteiger partial charge in [-0.2, -0.15) is 18.3 Å². The quantitative estimate of drug-likeness (QED) is 0.494. The van der Waals surface area contributed by atoms with E-state index in [1.165, 1.54) is 30.5 Å². The van der Waals surface area contributed by atoms with Crippen LogP contribution in [-0.4, -0.2) is 33.1 Å². The zero-order valence-electron chi connectivity index (χ0n) is 16.9. The molecule has 0 spiro atoms. The van der Waals surface area contributed by atoms with Crippen molar-refractivity contribution >= 4 is 34.8 Å². The van der Waals surface area contributed by atoms with Gasteiger partial charge in [0.15, 0.2) is 11.5 Å². The number of nitrogens with zero attached hydrogens (tertiary/aromatic N) is 3. The van der Waals surface area contributed by atoms with Crippen molar-refractivity contribution in [2.45, 2.75) is 20.0 Å². The zero-order valence-corrected chi connectivity index (χ0v) is 17.7. The van der Waals surface area contributed by atoms with Crippen LogP contribution in [0, 0.1) is 6.92 Å². The van der Waals surface area contributed by atoms with Gasteiger partial charge < -0.3 is 16.4 Å². The molecule has 3 rings (SSSR count). The molecule has 0 saturated heterocycles. The molecule has 2 amide bonds. The van der Waals surface area contributed by atoms with E-state index in [0.717, 1.165) is 0 Å². The SMILES string of the molecule is CCNC(=O)c1cc(N)cc(C)c1NC(=O)c1cc(C(F)(F)F)nn1-c1ncccc1Cl. The number of benzene rings is 1. The highest BCUT2D eigenvalue weighted by atomic mass is 35.5. The predicted octanol–water partition coefficient (Wildman–Crippen LogP) is 3.83. The molecule has 0 fully saturated rings. The summed E-state index contributed by atoms with van der Waals surface area (Å²) in [6.07, 6.45) is -3.51. The van der Waals surface area contributed by atoms with Crippen LogP contribution < -0.4 is 16.4 Å². The Morgan fingerprint density at radius 2 is 1.94 bits per heavy atom. The summed E-state index contributed by atoms with van der Waals surface area (Å²) in [5.41, 5.74) is 4.93. The van der Waals surface area contributed by atoms with Gasteiger partial charge in [-0.15, -0.1) is 0 Å². The number of nitrogens with two attached hydrogens (primary N) is 1. The number of alkyl halides is 3. The highest BCUT2D eigenvalue weighted by molar-refractivity contribution is 6.32. The van der Waals surface area contributed by atoms with Crippen molar-refractivity contribution in [3.8, 4) is 5.82 Å². The highest BCUT2D eigenvalue weighted by Gasteiger charge is 2.36. The number of aromatic nitrogens is 3. The fourth-order valence-electron chi connectivity index (χ4n) is 2.97. The summed E-state index contributed by atoms with van der Waals surface area (Å²) in [6, 6.07) is 6.35. The van der Waals surface area contributed by atoms with Gasteiger partial charge in [0.25, 0.3) is 11.8 Å².